The van der Waals surface area contributed by atoms with Gasteiger partial charge in [0.05, 0.1) is 5.92 Å². The highest BCUT2D eigenvalue weighted by Crippen LogP contribution is 2.28. The summed E-state index contributed by atoms with van der Waals surface area (Å²) in [7, 11) is 0. The second-order valence-electron chi connectivity index (χ2n) is 6.07. The van der Waals surface area contributed by atoms with Crippen LogP contribution in [0, 0.1) is 5.92 Å². The van der Waals surface area contributed by atoms with E-state index in [0.717, 1.165) is 12.1 Å². The molecule has 0 radical (unpaired) electrons. The van der Waals surface area contributed by atoms with Crippen LogP contribution in [0.25, 0.3) is 0 Å². The van der Waals surface area contributed by atoms with Crippen molar-refractivity contribution < 1.29 is 9.59 Å². The molecule has 1 aliphatic rings. The Bertz CT molecular complexity index is 785. The minimum absolute atomic E-state index is 0.0477. The molecule has 0 aliphatic carbocycles. The molecule has 25 heavy (non-hydrogen) atoms. The van der Waals surface area contributed by atoms with Gasteiger partial charge in [-0.2, -0.15) is 0 Å². The van der Waals surface area contributed by atoms with E-state index in [0.29, 0.717) is 22.3 Å². The van der Waals surface area contributed by atoms with Gasteiger partial charge >= 0.3 is 0 Å². The predicted molar refractivity (Wildman–Crippen MR) is 101 cm³/mol. The van der Waals surface area contributed by atoms with E-state index in [2.05, 4.69) is 12.2 Å². The van der Waals surface area contributed by atoms with Gasteiger partial charge < -0.3 is 10.2 Å². The van der Waals surface area contributed by atoms with Gasteiger partial charge in [0, 0.05) is 34.4 Å². The molecule has 1 N–H and O–H groups in total. The summed E-state index contributed by atoms with van der Waals surface area (Å²) in [5, 5.41) is 3.68. The van der Waals surface area contributed by atoms with Crippen molar-refractivity contribution in [2.75, 3.05) is 16.8 Å². The summed E-state index contributed by atoms with van der Waals surface area (Å²) in [6.45, 7) is 2.45. The molecule has 2 aromatic carbocycles. The Morgan fingerprint density at radius 2 is 1.80 bits per heavy atom. The van der Waals surface area contributed by atoms with Crippen molar-refractivity contribution >= 4 is 46.4 Å². The van der Waals surface area contributed by atoms with Crippen LogP contribution >= 0.6 is 23.2 Å². The van der Waals surface area contributed by atoms with Crippen LogP contribution in [-0.2, 0) is 16.0 Å². The number of hydrogen-bond donors (Lipinski definition) is 1. The van der Waals surface area contributed by atoms with Crippen molar-refractivity contribution in [2.45, 2.75) is 19.8 Å². The molecule has 4 nitrogen and oxygen atoms in total. The largest absolute Gasteiger partial charge is 0.326 e. The van der Waals surface area contributed by atoms with Gasteiger partial charge in [0.2, 0.25) is 11.8 Å². The van der Waals surface area contributed by atoms with Gasteiger partial charge in [-0.05, 0) is 42.3 Å². The van der Waals surface area contributed by atoms with Crippen molar-refractivity contribution in [2.24, 2.45) is 5.92 Å². The number of benzene rings is 2. The number of carbonyl (C=O) groups is 2. The van der Waals surface area contributed by atoms with Crippen LogP contribution in [0.5, 0.6) is 0 Å². The first-order valence-electron chi connectivity index (χ1n) is 8.12. The fourth-order valence-corrected chi connectivity index (χ4v) is 3.44. The summed E-state index contributed by atoms with van der Waals surface area (Å²) < 4.78 is 0. The summed E-state index contributed by atoms with van der Waals surface area (Å²) in [5.74, 6) is -0.663. The van der Waals surface area contributed by atoms with Crippen LogP contribution < -0.4 is 10.2 Å². The van der Waals surface area contributed by atoms with Crippen molar-refractivity contribution in [3.05, 3.63) is 58.1 Å². The van der Waals surface area contributed by atoms with E-state index in [1.807, 2.05) is 24.3 Å². The normalized spacial score (nSPS) is 17.0. The van der Waals surface area contributed by atoms with E-state index in [4.69, 9.17) is 23.2 Å². The van der Waals surface area contributed by atoms with Gasteiger partial charge in [0.15, 0.2) is 0 Å². The average Bonchev–Trinajstić information content (AvgIpc) is 2.96. The Morgan fingerprint density at radius 3 is 2.40 bits per heavy atom. The van der Waals surface area contributed by atoms with Crippen molar-refractivity contribution in [1.82, 2.24) is 0 Å². The highest BCUT2D eigenvalue weighted by Gasteiger charge is 2.35. The third-order valence-electron chi connectivity index (χ3n) is 4.28. The number of anilines is 2. The molecule has 1 heterocycles. The summed E-state index contributed by atoms with van der Waals surface area (Å²) in [6.07, 6.45) is 1.14. The second-order valence-corrected chi connectivity index (χ2v) is 6.95. The molecule has 2 amide bonds. The van der Waals surface area contributed by atoms with Gasteiger partial charge in [-0.15, -0.1) is 0 Å². The van der Waals surface area contributed by atoms with Crippen LogP contribution in [0.2, 0.25) is 10.0 Å². The van der Waals surface area contributed by atoms with Crippen molar-refractivity contribution in [1.29, 1.82) is 0 Å². The summed E-state index contributed by atoms with van der Waals surface area (Å²) in [5.41, 5.74) is 2.56. The van der Waals surface area contributed by atoms with Crippen LogP contribution in [-0.4, -0.2) is 18.4 Å². The minimum Gasteiger partial charge on any atom is -0.326 e. The molecule has 0 saturated carbocycles. The molecule has 6 heteroatoms. The summed E-state index contributed by atoms with van der Waals surface area (Å²) >= 11 is 11.9. The SMILES string of the molecule is CCc1ccc(N2C[C@@H](C(=O)Nc3cc(Cl)cc(Cl)c3)CC2=O)cc1. The first-order chi connectivity index (χ1) is 12.0. The van der Waals surface area contributed by atoms with Gasteiger partial charge in [0.1, 0.15) is 0 Å². The van der Waals surface area contributed by atoms with E-state index < -0.39 is 5.92 Å². The molecule has 0 aromatic heterocycles. The Balaban J connectivity index is 1.69. The number of nitrogens with zero attached hydrogens (tertiary/aromatic N) is 1. The zero-order valence-electron chi connectivity index (χ0n) is 13.8. The zero-order chi connectivity index (χ0) is 18.0. The number of carbonyl (C=O) groups excluding carboxylic acids is 2. The fraction of sp³-hybridized carbons (Fsp3) is 0.263. The topological polar surface area (TPSA) is 49.4 Å². The van der Waals surface area contributed by atoms with Crippen molar-refractivity contribution in [3.63, 3.8) is 0 Å². The first-order valence-corrected chi connectivity index (χ1v) is 8.88. The lowest BCUT2D eigenvalue weighted by molar-refractivity contribution is -0.122. The van der Waals surface area contributed by atoms with Crippen LogP contribution in [0.4, 0.5) is 11.4 Å². The van der Waals surface area contributed by atoms with E-state index >= 15 is 0 Å². The lowest BCUT2D eigenvalue weighted by Gasteiger charge is -2.17. The maximum Gasteiger partial charge on any atom is 0.229 e. The number of rotatable bonds is 4. The molecule has 130 valence electrons. The third-order valence-corrected chi connectivity index (χ3v) is 4.72. The Hall–Kier alpha value is -2.04. The van der Waals surface area contributed by atoms with Gasteiger partial charge in [-0.3, -0.25) is 9.59 Å². The molecule has 0 unspecified atom stereocenters. The quantitative estimate of drug-likeness (QED) is 0.850. The van der Waals surface area contributed by atoms with E-state index in [1.54, 1.807) is 23.1 Å². The number of aryl methyl sites for hydroxylation is 1. The molecular weight excluding hydrogens is 359 g/mol. The maximum atomic E-state index is 12.5. The van der Waals surface area contributed by atoms with Crippen LogP contribution in [0.3, 0.4) is 0 Å². The lowest BCUT2D eigenvalue weighted by Crippen LogP contribution is -2.28. The highest BCUT2D eigenvalue weighted by molar-refractivity contribution is 6.35. The van der Waals surface area contributed by atoms with Crippen LogP contribution in [0.1, 0.15) is 18.9 Å². The smallest absolute Gasteiger partial charge is 0.229 e. The molecule has 3 rings (SSSR count). The highest BCUT2D eigenvalue weighted by atomic mass is 35.5. The van der Waals surface area contributed by atoms with Gasteiger partial charge in [-0.1, -0.05) is 42.3 Å². The first kappa shape index (κ1) is 17.8. The average molecular weight is 377 g/mol. The lowest BCUT2D eigenvalue weighted by atomic mass is 10.1. The van der Waals surface area contributed by atoms with E-state index in [1.165, 1.54) is 5.56 Å². The fourth-order valence-electron chi connectivity index (χ4n) is 2.91. The van der Waals surface area contributed by atoms with Crippen LogP contribution in [0.15, 0.2) is 42.5 Å². The monoisotopic (exact) mass is 376 g/mol. The number of halogens is 2. The molecule has 1 atom stereocenters. The molecule has 1 aliphatic heterocycles. The number of amides is 2. The summed E-state index contributed by atoms with van der Waals surface area (Å²) in [6, 6.07) is 12.7. The van der Waals surface area contributed by atoms with E-state index in [-0.39, 0.29) is 18.2 Å². The molecule has 1 saturated heterocycles. The molecule has 0 bridgehead atoms. The maximum absolute atomic E-state index is 12.5. The molecule has 1 fully saturated rings. The Kier molecular flexibility index (Phi) is 5.30. The third kappa shape index (κ3) is 4.14. The molecule has 0 spiro atoms. The van der Waals surface area contributed by atoms with Gasteiger partial charge in [-0.25, -0.2) is 0 Å². The Labute approximate surface area is 156 Å². The molecular formula is C19H18Cl2N2O2. The summed E-state index contributed by atoms with van der Waals surface area (Å²) in [4.78, 5) is 26.5. The standard InChI is InChI=1S/C19H18Cl2N2O2/c1-2-12-3-5-17(6-4-12)23-11-13(7-18(23)24)19(25)22-16-9-14(20)8-15(21)10-16/h3-6,8-10,13H,2,7,11H2,1H3,(H,22,25)/t13-/m0/s1. The molecule has 2 aromatic rings. The minimum atomic E-state index is -0.406. The van der Waals surface area contributed by atoms with Gasteiger partial charge in [0.25, 0.3) is 0 Å². The second kappa shape index (κ2) is 7.46. The van der Waals surface area contributed by atoms with Crippen molar-refractivity contribution in [3.8, 4) is 0 Å². The zero-order valence-corrected chi connectivity index (χ0v) is 15.3. The Morgan fingerprint density at radius 1 is 1.16 bits per heavy atom. The predicted octanol–water partition coefficient (Wildman–Crippen LogP) is 4.55. The number of nitrogens with one attached hydrogen (secondary N) is 1. The van der Waals surface area contributed by atoms with E-state index in [9.17, 15) is 9.59 Å². The number of hydrogen-bond acceptors (Lipinski definition) is 2.